The molecule has 0 bridgehead atoms. The Labute approximate surface area is 134 Å². The van der Waals surface area contributed by atoms with Crippen LogP contribution in [0.1, 0.15) is 5.82 Å². The van der Waals surface area contributed by atoms with Gasteiger partial charge in [0.25, 0.3) is 5.82 Å². The number of hydrogen-bond acceptors (Lipinski definition) is 2. The van der Waals surface area contributed by atoms with E-state index in [-0.39, 0.29) is 22.7 Å². The SMILES string of the molecule is Cn1c(COc2ccccc2O)[n+](C)c2ccccc21.[Br-]. The molecule has 3 aromatic rings. The largest absolute Gasteiger partial charge is 1.00 e. The smallest absolute Gasteiger partial charge is 0.295 e. The fourth-order valence-electron chi connectivity index (χ4n) is 2.45. The first-order chi connectivity index (χ1) is 9.68. The van der Waals surface area contributed by atoms with Crippen LogP contribution in [0.5, 0.6) is 11.5 Å². The van der Waals surface area contributed by atoms with E-state index in [4.69, 9.17) is 4.74 Å². The molecule has 0 aliphatic heterocycles. The lowest BCUT2D eigenvalue weighted by Crippen LogP contribution is -3.00. The van der Waals surface area contributed by atoms with Gasteiger partial charge in [0.15, 0.2) is 29.1 Å². The second kappa shape index (κ2) is 6.18. The average Bonchev–Trinajstić information content (AvgIpc) is 2.71. The number of aromatic nitrogens is 2. The molecule has 0 aliphatic rings. The van der Waals surface area contributed by atoms with Gasteiger partial charge in [-0.25, -0.2) is 9.13 Å². The highest BCUT2D eigenvalue weighted by Crippen LogP contribution is 2.25. The summed E-state index contributed by atoms with van der Waals surface area (Å²) in [7, 11) is 4.04. The van der Waals surface area contributed by atoms with Crippen LogP contribution in [0.3, 0.4) is 0 Å². The first kappa shape index (κ1) is 15.4. The molecule has 0 saturated carbocycles. The van der Waals surface area contributed by atoms with E-state index in [1.165, 1.54) is 0 Å². The van der Waals surface area contributed by atoms with Crippen LogP contribution in [0.4, 0.5) is 0 Å². The Hall–Kier alpha value is -2.01. The van der Waals surface area contributed by atoms with Crippen LogP contribution in [0.15, 0.2) is 48.5 Å². The zero-order valence-electron chi connectivity index (χ0n) is 12.0. The zero-order valence-corrected chi connectivity index (χ0v) is 13.5. The normalized spacial score (nSPS) is 10.4. The van der Waals surface area contributed by atoms with Gasteiger partial charge in [-0.1, -0.05) is 24.3 Å². The molecule has 0 atom stereocenters. The summed E-state index contributed by atoms with van der Waals surface area (Å²) in [5.74, 6) is 1.70. The topological polar surface area (TPSA) is 38.3 Å². The van der Waals surface area contributed by atoms with Crippen molar-refractivity contribution in [3.05, 3.63) is 54.4 Å². The summed E-state index contributed by atoms with van der Waals surface area (Å²) < 4.78 is 9.94. The van der Waals surface area contributed by atoms with Gasteiger partial charge in [0.05, 0.1) is 14.1 Å². The van der Waals surface area contributed by atoms with E-state index >= 15 is 0 Å². The number of nitrogens with zero attached hydrogens (tertiary/aromatic N) is 2. The first-order valence-electron chi connectivity index (χ1n) is 6.51. The molecule has 0 radical (unpaired) electrons. The number of halogens is 1. The Bertz CT molecular complexity index is 729. The number of imidazole rings is 1. The van der Waals surface area contributed by atoms with Gasteiger partial charge < -0.3 is 26.8 Å². The van der Waals surface area contributed by atoms with Gasteiger partial charge in [0.1, 0.15) is 0 Å². The van der Waals surface area contributed by atoms with E-state index in [1.54, 1.807) is 18.2 Å². The first-order valence-corrected chi connectivity index (χ1v) is 6.51. The second-order valence-corrected chi connectivity index (χ2v) is 4.78. The molecule has 0 fully saturated rings. The number of aromatic hydroxyl groups is 1. The molecule has 21 heavy (non-hydrogen) atoms. The molecular weight excluding hydrogens is 332 g/mol. The molecule has 0 amide bonds. The quantitative estimate of drug-likeness (QED) is 0.635. The number of ether oxygens (including phenoxy) is 1. The van der Waals surface area contributed by atoms with E-state index in [9.17, 15) is 5.11 Å². The number of hydrogen-bond donors (Lipinski definition) is 1. The van der Waals surface area contributed by atoms with Crippen molar-refractivity contribution in [3.63, 3.8) is 0 Å². The standard InChI is InChI=1S/C16H16N2O2.BrH/c1-17-12-7-3-4-8-13(12)18(2)16(17)11-20-15-10-6-5-9-14(15)19;/h3-10H,11H2,1-2H3;1H. The van der Waals surface area contributed by atoms with Crippen molar-refractivity contribution in [3.8, 4) is 11.5 Å². The maximum absolute atomic E-state index is 9.73. The van der Waals surface area contributed by atoms with Crippen molar-refractivity contribution in [2.24, 2.45) is 14.1 Å². The third-order valence-electron chi connectivity index (χ3n) is 3.60. The average molecular weight is 349 g/mol. The number of benzene rings is 2. The maximum atomic E-state index is 9.73. The molecule has 1 aromatic heterocycles. The van der Waals surface area contributed by atoms with Crippen LogP contribution in [0, 0.1) is 0 Å². The number of para-hydroxylation sites is 4. The molecule has 110 valence electrons. The third kappa shape index (κ3) is 2.74. The highest BCUT2D eigenvalue weighted by atomic mass is 79.9. The highest BCUT2D eigenvalue weighted by Gasteiger charge is 2.20. The highest BCUT2D eigenvalue weighted by molar-refractivity contribution is 5.72. The van der Waals surface area contributed by atoms with Crippen molar-refractivity contribution < 1.29 is 31.4 Å². The number of phenols is 1. The van der Waals surface area contributed by atoms with Gasteiger partial charge in [-0.2, -0.15) is 0 Å². The molecule has 0 saturated heterocycles. The molecule has 0 aliphatic carbocycles. The van der Waals surface area contributed by atoms with Gasteiger partial charge in [-0.05, 0) is 24.3 Å². The van der Waals surface area contributed by atoms with Crippen molar-refractivity contribution in [1.82, 2.24) is 4.57 Å². The fourth-order valence-corrected chi connectivity index (χ4v) is 2.45. The number of phenolic OH excluding ortho intramolecular Hbond substituents is 1. The van der Waals surface area contributed by atoms with E-state index < -0.39 is 0 Å². The summed E-state index contributed by atoms with van der Waals surface area (Å²) >= 11 is 0. The molecule has 5 heteroatoms. The predicted molar refractivity (Wildman–Crippen MR) is 76.5 cm³/mol. The van der Waals surface area contributed by atoms with Crippen molar-refractivity contribution in [2.45, 2.75) is 6.61 Å². The van der Waals surface area contributed by atoms with Gasteiger partial charge >= 0.3 is 0 Å². The fraction of sp³-hybridized carbons (Fsp3) is 0.188. The summed E-state index contributed by atoms with van der Waals surface area (Å²) in [6, 6.07) is 15.2. The molecule has 1 heterocycles. The van der Waals surface area contributed by atoms with E-state index in [0.717, 1.165) is 16.9 Å². The van der Waals surface area contributed by atoms with Crippen LogP contribution < -0.4 is 26.3 Å². The van der Waals surface area contributed by atoms with Crippen LogP contribution >= 0.6 is 0 Å². The molecule has 3 rings (SSSR count). The molecule has 1 N–H and O–H groups in total. The van der Waals surface area contributed by atoms with Crippen LogP contribution in [-0.4, -0.2) is 9.67 Å². The van der Waals surface area contributed by atoms with Gasteiger partial charge in [0.2, 0.25) is 0 Å². The molecule has 2 aromatic carbocycles. The van der Waals surface area contributed by atoms with Gasteiger partial charge in [-0.15, -0.1) is 0 Å². The van der Waals surface area contributed by atoms with Crippen LogP contribution in [0.2, 0.25) is 0 Å². The molecular formula is C16H17BrN2O2. The number of aryl methyl sites for hydroxylation is 2. The van der Waals surface area contributed by atoms with Gasteiger partial charge in [-0.3, -0.25) is 0 Å². The van der Waals surface area contributed by atoms with E-state index in [0.29, 0.717) is 12.4 Å². The lowest BCUT2D eigenvalue weighted by Gasteiger charge is -2.06. The van der Waals surface area contributed by atoms with Crippen LogP contribution in [0.25, 0.3) is 11.0 Å². The summed E-state index contributed by atoms with van der Waals surface area (Å²) in [5.41, 5.74) is 2.32. The number of fused-ring (bicyclic) bond motifs is 1. The Balaban J connectivity index is 0.00000161. The minimum absolute atomic E-state index is 0. The summed E-state index contributed by atoms with van der Waals surface area (Å²) in [6.07, 6.45) is 0. The number of rotatable bonds is 3. The monoisotopic (exact) mass is 348 g/mol. The summed E-state index contributed by atoms with van der Waals surface area (Å²) in [4.78, 5) is 0. The predicted octanol–water partition coefficient (Wildman–Crippen LogP) is -0.709. The van der Waals surface area contributed by atoms with E-state index in [1.807, 2.05) is 32.3 Å². The van der Waals surface area contributed by atoms with Crippen molar-refractivity contribution in [2.75, 3.05) is 0 Å². The Morgan fingerprint density at radius 2 is 1.76 bits per heavy atom. The summed E-state index contributed by atoms with van der Waals surface area (Å²) in [6.45, 7) is 0.402. The Morgan fingerprint density at radius 3 is 2.48 bits per heavy atom. The lowest BCUT2D eigenvalue weighted by molar-refractivity contribution is -0.655. The Morgan fingerprint density at radius 1 is 1.10 bits per heavy atom. The minimum atomic E-state index is 0. The second-order valence-electron chi connectivity index (χ2n) is 4.78. The maximum Gasteiger partial charge on any atom is 0.295 e. The Kier molecular flexibility index (Phi) is 4.53. The molecule has 0 unspecified atom stereocenters. The summed E-state index contributed by atoms with van der Waals surface area (Å²) in [5, 5.41) is 9.73. The minimum Gasteiger partial charge on any atom is -1.00 e. The van der Waals surface area contributed by atoms with Crippen LogP contribution in [-0.2, 0) is 20.7 Å². The van der Waals surface area contributed by atoms with Crippen molar-refractivity contribution >= 4 is 11.0 Å². The van der Waals surface area contributed by atoms with E-state index in [2.05, 4.69) is 21.3 Å². The van der Waals surface area contributed by atoms with Gasteiger partial charge in [0, 0.05) is 0 Å². The molecule has 4 nitrogen and oxygen atoms in total. The zero-order chi connectivity index (χ0) is 14.1. The molecule has 0 spiro atoms. The third-order valence-corrected chi connectivity index (χ3v) is 3.60. The lowest BCUT2D eigenvalue weighted by atomic mass is 10.3. The van der Waals surface area contributed by atoms with Crippen molar-refractivity contribution in [1.29, 1.82) is 0 Å².